The number of carboxylic acids is 1. The van der Waals surface area contributed by atoms with Gasteiger partial charge in [-0.15, -0.1) is 0 Å². The molecule has 2 N–H and O–H groups in total. The molecule has 0 aromatic carbocycles. The lowest BCUT2D eigenvalue weighted by Crippen LogP contribution is -2.38. The van der Waals surface area contributed by atoms with E-state index in [0.717, 1.165) is 25.7 Å². The smallest absolute Gasteiger partial charge is 0.306 e. The Hall–Kier alpha value is -0.570. The molecule has 1 rings (SSSR count). The molecular formula is C10H18O3. The van der Waals surface area contributed by atoms with Gasteiger partial charge in [-0.2, -0.15) is 0 Å². The highest BCUT2D eigenvalue weighted by Gasteiger charge is 2.38. The minimum Gasteiger partial charge on any atom is -0.481 e. The Morgan fingerprint density at radius 3 is 2.38 bits per heavy atom. The largest absolute Gasteiger partial charge is 0.481 e. The molecule has 1 fully saturated rings. The third-order valence-corrected chi connectivity index (χ3v) is 3.18. The molecular weight excluding hydrogens is 168 g/mol. The maximum atomic E-state index is 10.6. The normalized spacial score (nSPS) is 22.9. The summed E-state index contributed by atoms with van der Waals surface area (Å²) in [6.45, 7) is 1.86. The fraction of sp³-hybridized carbons (Fsp3) is 0.900. The van der Waals surface area contributed by atoms with Crippen molar-refractivity contribution in [1.29, 1.82) is 0 Å². The summed E-state index contributed by atoms with van der Waals surface area (Å²) < 4.78 is 0. The maximum Gasteiger partial charge on any atom is 0.306 e. The molecule has 0 amide bonds. The van der Waals surface area contributed by atoms with E-state index in [-0.39, 0.29) is 12.3 Å². The molecule has 0 spiro atoms. The first-order valence-corrected chi connectivity index (χ1v) is 5.02. The van der Waals surface area contributed by atoms with Crippen LogP contribution in [0.2, 0.25) is 0 Å². The monoisotopic (exact) mass is 186 g/mol. The van der Waals surface area contributed by atoms with E-state index in [2.05, 4.69) is 0 Å². The van der Waals surface area contributed by atoms with Crippen molar-refractivity contribution in [3.63, 3.8) is 0 Å². The molecule has 3 nitrogen and oxygen atoms in total. The average molecular weight is 186 g/mol. The minimum absolute atomic E-state index is 0.103. The quantitative estimate of drug-likeness (QED) is 0.703. The number of aliphatic carboxylic acids is 1. The lowest BCUT2D eigenvalue weighted by Gasteiger charge is -2.31. The van der Waals surface area contributed by atoms with Gasteiger partial charge in [-0.1, -0.05) is 19.8 Å². The van der Waals surface area contributed by atoms with Crippen molar-refractivity contribution in [3.8, 4) is 0 Å². The summed E-state index contributed by atoms with van der Waals surface area (Å²) >= 11 is 0. The second-order valence-electron chi connectivity index (χ2n) is 4.01. The third-order valence-electron chi connectivity index (χ3n) is 3.18. The van der Waals surface area contributed by atoms with Gasteiger partial charge in [0.05, 0.1) is 12.0 Å². The molecule has 1 aliphatic rings. The van der Waals surface area contributed by atoms with Crippen LogP contribution in [0.1, 0.15) is 45.4 Å². The van der Waals surface area contributed by atoms with Gasteiger partial charge in [0.1, 0.15) is 0 Å². The molecule has 0 aromatic rings. The molecule has 0 aliphatic heterocycles. The summed E-state index contributed by atoms with van der Waals surface area (Å²) in [5.41, 5.74) is -0.956. The Morgan fingerprint density at radius 2 is 2.00 bits per heavy atom. The van der Waals surface area contributed by atoms with Crippen LogP contribution < -0.4 is 0 Å². The molecule has 1 unspecified atom stereocenters. The van der Waals surface area contributed by atoms with Crippen molar-refractivity contribution in [3.05, 3.63) is 0 Å². The summed E-state index contributed by atoms with van der Waals surface area (Å²) in [7, 11) is 0. The van der Waals surface area contributed by atoms with E-state index in [1.165, 1.54) is 0 Å². The standard InChI is InChI=1S/C10H18O3/c1-2-10(13,7-9(11)12)8-5-3-4-6-8/h8,13H,2-7H2,1H3,(H,11,12). The number of rotatable bonds is 4. The SMILES string of the molecule is CCC(O)(CC(=O)O)C1CCCC1. The van der Waals surface area contributed by atoms with Crippen molar-refractivity contribution >= 4 is 5.97 Å². The van der Waals surface area contributed by atoms with Gasteiger partial charge in [-0.25, -0.2) is 0 Å². The number of aliphatic hydroxyl groups is 1. The van der Waals surface area contributed by atoms with Gasteiger partial charge < -0.3 is 10.2 Å². The number of hydrogen-bond donors (Lipinski definition) is 2. The van der Waals surface area contributed by atoms with E-state index in [0.29, 0.717) is 6.42 Å². The molecule has 1 atom stereocenters. The molecule has 0 heterocycles. The molecule has 3 heteroatoms. The van der Waals surface area contributed by atoms with Gasteiger partial charge in [0.15, 0.2) is 0 Å². The summed E-state index contributed by atoms with van der Waals surface area (Å²) in [5.74, 6) is -0.690. The van der Waals surface area contributed by atoms with E-state index in [4.69, 9.17) is 5.11 Å². The topological polar surface area (TPSA) is 57.5 Å². The Morgan fingerprint density at radius 1 is 1.46 bits per heavy atom. The zero-order valence-corrected chi connectivity index (χ0v) is 8.12. The predicted molar refractivity (Wildman–Crippen MR) is 49.5 cm³/mol. The number of hydrogen-bond acceptors (Lipinski definition) is 2. The summed E-state index contributed by atoms with van der Waals surface area (Å²) in [6, 6.07) is 0. The van der Waals surface area contributed by atoms with E-state index in [9.17, 15) is 9.90 Å². The van der Waals surface area contributed by atoms with Crippen LogP contribution in [0.5, 0.6) is 0 Å². The van der Waals surface area contributed by atoms with Gasteiger partial charge in [0.25, 0.3) is 0 Å². The molecule has 0 saturated heterocycles. The van der Waals surface area contributed by atoms with Gasteiger partial charge in [-0.05, 0) is 25.2 Å². The Kier molecular flexibility index (Phi) is 3.31. The highest BCUT2D eigenvalue weighted by atomic mass is 16.4. The van der Waals surface area contributed by atoms with E-state index >= 15 is 0 Å². The second kappa shape index (κ2) is 4.09. The van der Waals surface area contributed by atoms with E-state index in [1.807, 2.05) is 6.92 Å². The zero-order valence-electron chi connectivity index (χ0n) is 8.12. The van der Waals surface area contributed by atoms with Crippen LogP contribution >= 0.6 is 0 Å². The lowest BCUT2D eigenvalue weighted by molar-refractivity contribution is -0.145. The summed E-state index contributed by atoms with van der Waals surface area (Å²) in [5, 5.41) is 18.8. The third kappa shape index (κ3) is 2.44. The van der Waals surface area contributed by atoms with Crippen LogP contribution in [0.25, 0.3) is 0 Å². The van der Waals surface area contributed by atoms with Crippen LogP contribution in [0, 0.1) is 5.92 Å². The van der Waals surface area contributed by atoms with Crippen molar-refractivity contribution in [1.82, 2.24) is 0 Å². The molecule has 0 radical (unpaired) electrons. The predicted octanol–water partition coefficient (Wildman–Crippen LogP) is 1.79. The van der Waals surface area contributed by atoms with Crippen molar-refractivity contribution in [2.45, 2.75) is 51.0 Å². The first-order valence-electron chi connectivity index (χ1n) is 5.02. The van der Waals surface area contributed by atoms with Crippen LogP contribution in [0.15, 0.2) is 0 Å². The van der Waals surface area contributed by atoms with Crippen LogP contribution in [0.4, 0.5) is 0 Å². The summed E-state index contributed by atoms with van der Waals surface area (Å²) in [4.78, 5) is 10.6. The van der Waals surface area contributed by atoms with Gasteiger partial charge in [-0.3, -0.25) is 4.79 Å². The first kappa shape index (κ1) is 10.5. The average Bonchev–Trinajstić information content (AvgIpc) is 2.55. The van der Waals surface area contributed by atoms with Gasteiger partial charge >= 0.3 is 5.97 Å². The summed E-state index contributed by atoms with van der Waals surface area (Å²) in [6.07, 6.45) is 4.67. The second-order valence-corrected chi connectivity index (χ2v) is 4.01. The van der Waals surface area contributed by atoms with Crippen molar-refractivity contribution in [2.24, 2.45) is 5.92 Å². The zero-order chi connectivity index (χ0) is 9.90. The van der Waals surface area contributed by atoms with E-state index < -0.39 is 11.6 Å². The van der Waals surface area contributed by atoms with E-state index in [1.54, 1.807) is 0 Å². The minimum atomic E-state index is -0.956. The Bertz CT molecular complexity index is 185. The van der Waals surface area contributed by atoms with Crippen LogP contribution in [-0.2, 0) is 4.79 Å². The molecule has 1 aliphatic carbocycles. The van der Waals surface area contributed by atoms with Crippen LogP contribution in [-0.4, -0.2) is 21.8 Å². The lowest BCUT2D eigenvalue weighted by atomic mass is 9.81. The highest BCUT2D eigenvalue weighted by molar-refractivity contribution is 5.68. The Balaban J connectivity index is 2.61. The van der Waals surface area contributed by atoms with Gasteiger partial charge in [0.2, 0.25) is 0 Å². The molecule has 13 heavy (non-hydrogen) atoms. The number of carboxylic acid groups (broad SMARTS) is 1. The molecule has 0 aromatic heterocycles. The Labute approximate surface area is 78.8 Å². The number of carbonyl (C=O) groups is 1. The van der Waals surface area contributed by atoms with Crippen LogP contribution in [0.3, 0.4) is 0 Å². The molecule has 76 valence electrons. The highest BCUT2D eigenvalue weighted by Crippen LogP contribution is 2.37. The van der Waals surface area contributed by atoms with Crippen molar-refractivity contribution < 1.29 is 15.0 Å². The maximum absolute atomic E-state index is 10.6. The first-order chi connectivity index (χ1) is 6.08. The fourth-order valence-electron chi connectivity index (χ4n) is 2.28. The molecule has 0 bridgehead atoms. The van der Waals surface area contributed by atoms with Crippen molar-refractivity contribution in [2.75, 3.05) is 0 Å². The fourth-order valence-corrected chi connectivity index (χ4v) is 2.28. The molecule has 1 saturated carbocycles. The van der Waals surface area contributed by atoms with Gasteiger partial charge in [0, 0.05) is 0 Å².